The highest BCUT2D eigenvalue weighted by Gasteiger charge is 1.94. The Kier molecular flexibility index (Phi) is 5.19. The molecule has 0 spiro atoms. The summed E-state index contributed by atoms with van der Waals surface area (Å²) >= 11 is 6.26. The van der Waals surface area contributed by atoms with E-state index in [1.807, 2.05) is 0 Å². The highest BCUT2D eigenvalue weighted by atomic mass is 32.2. The Bertz CT molecular complexity index is 91.1. The second kappa shape index (κ2) is 5.06. The molecule has 0 aliphatic heterocycles. The van der Waals surface area contributed by atoms with Gasteiger partial charge in [-0.2, -0.15) is 0 Å². The number of nitrogens with two attached hydrogens (primary N) is 1. The Morgan fingerprint density at radius 1 is 1.67 bits per heavy atom. The van der Waals surface area contributed by atoms with Crippen LogP contribution >= 0.6 is 24.0 Å². The first-order chi connectivity index (χ1) is 4.13. The SMILES string of the molecule is CC(C)CCSC(N)=S. The first kappa shape index (κ1) is 9.24. The highest BCUT2D eigenvalue weighted by molar-refractivity contribution is 8.22. The van der Waals surface area contributed by atoms with Crippen LogP contribution in [0.1, 0.15) is 20.3 Å². The lowest BCUT2D eigenvalue weighted by molar-refractivity contribution is 0.632. The Labute approximate surface area is 66.4 Å². The summed E-state index contributed by atoms with van der Waals surface area (Å²) in [5.74, 6) is 1.82. The van der Waals surface area contributed by atoms with E-state index in [0.29, 0.717) is 4.32 Å². The summed E-state index contributed by atoms with van der Waals surface area (Å²) < 4.78 is 0.565. The largest absolute Gasteiger partial charge is 0.385 e. The van der Waals surface area contributed by atoms with E-state index in [2.05, 4.69) is 26.1 Å². The minimum absolute atomic E-state index is 0.565. The van der Waals surface area contributed by atoms with Crippen LogP contribution in [0.3, 0.4) is 0 Å². The number of thiocarbonyl (C=S) groups is 1. The molecule has 0 bridgehead atoms. The molecule has 0 aromatic rings. The van der Waals surface area contributed by atoms with Gasteiger partial charge in [-0.3, -0.25) is 0 Å². The zero-order chi connectivity index (χ0) is 7.28. The smallest absolute Gasteiger partial charge is 0.131 e. The average molecular weight is 163 g/mol. The van der Waals surface area contributed by atoms with Crippen molar-refractivity contribution < 1.29 is 0 Å². The fourth-order valence-electron chi connectivity index (χ4n) is 0.395. The van der Waals surface area contributed by atoms with E-state index in [0.717, 1.165) is 11.7 Å². The third-order valence-corrected chi connectivity index (χ3v) is 2.02. The van der Waals surface area contributed by atoms with Crippen molar-refractivity contribution in [3.63, 3.8) is 0 Å². The van der Waals surface area contributed by atoms with Crippen LogP contribution in [-0.4, -0.2) is 10.1 Å². The molecule has 0 fully saturated rings. The highest BCUT2D eigenvalue weighted by Crippen LogP contribution is 2.07. The molecule has 0 aromatic carbocycles. The van der Waals surface area contributed by atoms with E-state index in [1.54, 1.807) is 11.8 Å². The zero-order valence-electron chi connectivity index (χ0n) is 5.89. The quantitative estimate of drug-likeness (QED) is 0.645. The average Bonchev–Trinajstić information content (AvgIpc) is 1.63. The molecule has 0 atom stereocenters. The van der Waals surface area contributed by atoms with Crippen LogP contribution in [0.25, 0.3) is 0 Å². The Hall–Kier alpha value is 0.240. The van der Waals surface area contributed by atoms with Gasteiger partial charge in [-0.1, -0.05) is 37.8 Å². The van der Waals surface area contributed by atoms with E-state index < -0.39 is 0 Å². The van der Waals surface area contributed by atoms with Crippen LogP contribution in [-0.2, 0) is 0 Å². The molecule has 0 aromatic heterocycles. The van der Waals surface area contributed by atoms with Crippen LogP contribution < -0.4 is 5.73 Å². The first-order valence-corrected chi connectivity index (χ1v) is 4.44. The molecule has 0 radical (unpaired) electrons. The monoisotopic (exact) mass is 163 g/mol. The van der Waals surface area contributed by atoms with Gasteiger partial charge in [-0.15, -0.1) is 0 Å². The maximum Gasteiger partial charge on any atom is 0.131 e. The number of thioether (sulfide) groups is 1. The molecule has 1 nitrogen and oxygen atoms in total. The maximum atomic E-state index is 5.27. The van der Waals surface area contributed by atoms with Crippen molar-refractivity contribution in [2.45, 2.75) is 20.3 Å². The van der Waals surface area contributed by atoms with Gasteiger partial charge >= 0.3 is 0 Å². The molecule has 0 saturated heterocycles. The zero-order valence-corrected chi connectivity index (χ0v) is 7.52. The van der Waals surface area contributed by atoms with Gasteiger partial charge in [0.25, 0.3) is 0 Å². The van der Waals surface area contributed by atoms with E-state index in [9.17, 15) is 0 Å². The maximum absolute atomic E-state index is 5.27. The predicted octanol–water partition coefficient (Wildman–Crippen LogP) is 2.01. The van der Waals surface area contributed by atoms with E-state index >= 15 is 0 Å². The molecule has 0 unspecified atom stereocenters. The van der Waals surface area contributed by atoms with Crippen molar-refractivity contribution in [3.8, 4) is 0 Å². The third kappa shape index (κ3) is 8.24. The summed E-state index contributed by atoms with van der Waals surface area (Å²) in [6.07, 6.45) is 1.20. The van der Waals surface area contributed by atoms with Crippen molar-refractivity contribution in [3.05, 3.63) is 0 Å². The predicted molar refractivity (Wildman–Crippen MR) is 48.7 cm³/mol. The van der Waals surface area contributed by atoms with Crippen LogP contribution in [0.5, 0.6) is 0 Å². The van der Waals surface area contributed by atoms with Gasteiger partial charge in [-0.25, -0.2) is 0 Å². The lowest BCUT2D eigenvalue weighted by atomic mass is 10.2. The molecule has 0 rings (SSSR count). The summed E-state index contributed by atoms with van der Waals surface area (Å²) in [5.41, 5.74) is 5.27. The molecule has 0 aliphatic carbocycles. The molecule has 0 heterocycles. The minimum Gasteiger partial charge on any atom is -0.385 e. The Morgan fingerprint density at radius 3 is 2.56 bits per heavy atom. The molecule has 0 aliphatic rings. The van der Waals surface area contributed by atoms with Crippen molar-refractivity contribution in [2.75, 3.05) is 5.75 Å². The number of hydrogen-bond donors (Lipinski definition) is 1. The first-order valence-electron chi connectivity index (χ1n) is 3.05. The van der Waals surface area contributed by atoms with Gasteiger partial charge < -0.3 is 5.73 Å². The Balaban J connectivity index is 3.01. The van der Waals surface area contributed by atoms with E-state index in [4.69, 9.17) is 5.73 Å². The summed E-state index contributed by atoms with van der Waals surface area (Å²) in [4.78, 5) is 0. The molecule has 2 N–H and O–H groups in total. The van der Waals surface area contributed by atoms with Gasteiger partial charge in [0.2, 0.25) is 0 Å². The van der Waals surface area contributed by atoms with Gasteiger partial charge in [0.1, 0.15) is 4.32 Å². The van der Waals surface area contributed by atoms with E-state index in [1.165, 1.54) is 6.42 Å². The van der Waals surface area contributed by atoms with Gasteiger partial charge in [-0.05, 0) is 12.3 Å². The molecule has 54 valence electrons. The summed E-state index contributed by atoms with van der Waals surface area (Å²) in [6.45, 7) is 4.39. The Morgan fingerprint density at radius 2 is 2.22 bits per heavy atom. The number of hydrogen-bond acceptors (Lipinski definition) is 2. The lowest BCUT2D eigenvalue weighted by Crippen LogP contribution is -2.03. The number of rotatable bonds is 3. The fourth-order valence-corrected chi connectivity index (χ4v) is 1.44. The summed E-state index contributed by atoms with van der Waals surface area (Å²) in [6, 6.07) is 0. The summed E-state index contributed by atoms with van der Waals surface area (Å²) in [5, 5.41) is 0. The topological polar surface area (TPSA) is 26.0 Å². The normalized spacial score (nSPS) is 10.1. The molecule has 0 saturated carbocycles. The van der Waals surface area contributed by atoms with Crippen LogP contribution in [0.15, 0.2) is 0 Å². The van der Waals surface area contributed by atoms with Crippen molar-refractivity contribution in [1.82, 2.24) is 0 Å². The standard InChI is InChI=1S/C6H13NS2/c1-5(2)3-4-9-6(7)8/h5H,3-4H2,1-2H3,(H2,7,8). The third-order valence-electron chi connectivity index (χ3n) is 0.940. The van der Waals surface area contributed by atoms with Crippen LogP contribution in [0.4, 0.5) is 0 Å². The summed E-state index contributed by atoms with van der Waals surface area (Å²) in [7, 11) is 0. The molecular weight excluding hydrogens is 150 g/mol. The second-order valence-corrected chi connectivity index (χ2v) is 4.19. The van der Waals surface area contributed by atoms with Gasteiger partial charge in [0, 0.05) is 5.75 Å². The molecule has 0 amide bonds. The molecule has 3 heteroatoms. The second-order valence-electron chi connectivity index (χ2n) is 2.35. The van der Waals surface area contributed by atoms with Crippen molar-refractivity contribution in [2.24, 2.45) is 11.7 Å². The fraction of sp³-hybridized carbons (Fsp3) is 0.833. The molecular formula is C6H13NS2. The van der Waals surface area contributed by atoms with E-state index in [-0.39, 0.29) is 0 Å². The van der Waals surface area contributed by atoms with Crippen molar-refractivity contribution in [1.29, 1.82) is 0 Å². The van der Waals surface area contributed by atoms with Crippen molar-refractivity contribution >= 4 is 28.3 Å². The van der Waals surface area contributed by atoms with Crippen LogP contribution in [0, 0.1) is 5.92 Å². The van der Waals surface area contributed by atoms with Crippen LogP contribution in [0.2, 0.25) is 0 Å². The minimum atomic E-state index is 0.565. The van der Waals surface area contributed by atoms with Gasteiger partial charge in [0.15, 0.2) is 0 Å². The lowest BCUT2D eigenvalue weighted by Gasteiger charge is -2.01. The molecule has 9 heavy (non-hydrogen) atoms. The van der Waals surface area contributed by atoms with Gasteiger partial charge in [0.05, 0.1) is 0 Å².